The molecule has 2 rings (SSSR count). The minimum absolute atomic E-state index is 0.00958. The van der Waals surface area contributed by atoms with Gasteiger partial charge in [-0.25, -0.2) is 0 Å². The first-order valence-corrected chi connectivity index (χ1v) is 5.15. The van der Waals surface area contributed by atoms with E-state index < -0.39 is 0 Å². The number of carbonyl (C=O) groups excluding carboxylic acids is 1. The van der Waals surface area contributed by atoms with Crippen LogP contribution in [0.5, 0.6) is 0 Å². The number of β-amino-alcohol motifs (C(OH)–C–C–N with tert-alkyl or cyclic N) is 1. The predicted octanol–water partition coefficient (Wildman–Crippen LogP) is -0.199. The number of rotatable bonds is 2. The molecule has 0 fully saturated rings. The fraction of sp³-hybridized carbons (Fsp3) is 0.600. The molecule has 1 N–H and O–H groups in total. The van der Waals surface area contributed by atoms with Crippen LogP contribution in [0.3, 0.4) is 0 Å². The predicted molar refractivity (Wildman–Crippen MR) is 54.5 cm³/mol. The Hall–Kier alpha value is -1.36. The number of nitrogens with zero attached hydrogens (tertiary/aromatic N) is 3. The molecule has 5 nitrogen and oxygen atoms in total. The highest BCUT2D eigenvalue weighted by molar-refractivity contribution is 5.95. The van der Waals surface area contributed by atoms with E-state index in [2.05, 4.69) is 5.10 Å². The summed E-state index contributed by atoms with van der Waals surface area (Å²) >= 11 is 0. The Bertz CT molecular complexity index is 373. The van der Waals surface area contributed by atoms with E-state index in [1.54, 1.807) is 15.8 Å². The van der Waals surface area contributed by atoms with E-state index in [-0.39, 0.29) is 12.5 Å². The smallest absolute Gasteiger partial charge is 0.257 e. The highest BCUT2D eigenvalue weighted by Crippen LogP contribution is 2.17. The van der Waals surface area contributed by atoms with E-state index in [1.807, 2.05) is 7.05 Å². The molecule has 1 aliphatic heterocycles. The van der Waals surface area contributed by atoms with Crippen LogP contribution < -0.4 is 0 Å². The van der Waals surface area contributed by atoms with Gasteiger partial charge in [0.05, 0.1) is 24.1 Å². The van der Waals surface area contributed by atoms with Crippen molar-refractivity contribution in [2.45, 2.75) is 12.8 Å². The van der Waals surface area contributed by atoms with Gasteiger partial charge in [0, 0.05) is 20.1 Å². The van der Waals surface area contributed by atoms with Crippen LogP contribution in [-0.4, -0.2) is 45.4 Å². The van der Waals surface area contributed by atoms with Gasteiger partial charge in [-0.1, -0.05) is 0 Å². The van der Waals surface area contributed by atoms with Crippen molar-refractivity contribution < 1.29 is 9.90 Å². The van der Waals surface area contributed by atoms with E-state index >= 15 is 0 Å². The largest absolute Gasteiger partial charge is 0.395 e. The number of amides is 1. The van der Waals surface area contributed by atoms with Crippen molar-refractivity contribution in [3.8, 4) is 0 Å². The van der Waals surface area contributed by atoms with Gasteiger partial charge in [-0.05, 0) is 12.8 Å². The lowest BCUT2D eigenvalue weighted by atomic mass is 10.2. The van der Waals surface area contributed by atoms with Crippen molar-refractivity contribution in [3.63, 3.8) is 0 Å². The van der Waals surface area contributed by atoms with E-state index in [0.29, 0.717) is 18.7 Å². The van der Waals surface area contributed by atoms with Crippen LogP contribution in [0.15, 0.2) is 6.20 Å². The molecule has 1 amide bonds. The molecule has 1 aromatic rings. The van der Waals surface area contributed by atoms with Crippen molar-refractivity contribution in [1.29, 1.82) is 0 Å². The fourth-order valence-corrected chi connectivity index (χ4v) is 1.98. The zero-order chi connectivity index (χ0) is 10.8. The van der Waals surface area contributed by atoms with Gasteiger partial charge in [-0.15, -0.1) is 0 Å². The maximum absolute atomic E-state index is 12.0. The molecule has 5 heteroatoms. The normalized spacial score (nSPS) is 16.4. The van der Waals surface area contributed by atoms with Crippen LogP contribution in [0.2, 0.25) is 0 Å². The van der Waals surface area contributed by atoms with Crippen LogP contribution in [0, 0.1) is 0 Å². The van der Waals surface area contributed by atoms with E-state index in [1.165, 1.54) is 0 Å². The van der Waals surface area contributed by atoms with Gasteiger partial charge in [0.15, 0.2) is 0 Å². The molecule has 0 unspecified atom stereocenters. The molecule has 82 valence electrons. The highest BCUT2D eigenvalue weighted by atomic mass is 16.3. The van der Waals surface area contributed by atoms with Crippen molar-refractivity contribution in [2.24, 2.45) is 7.05 Å². The first-order valence-electron chi connectivity index (χ1n) is 5.15. The molecule has 0 atom stereocenters. The standard InChI is InChI=1S/C10H15N3O2/c1-12-9-3-2-4-13(5-6-14)10(15)8(9)7-11-12/h7,14H,2-6H2,1H3. The molecule has 15 heavy (non-hydrogen) atoms. The molecule has 2 heterocycles. The first kappa shape index (κ1) is 10.2. The molecule has 1 aromatic heterocycles. The van der Waals surface area contributed by atoms with Crippen molar-refractivity contribution in [1.82, 2.24) is 14.7 Å². The summed E-state index contributed by atoms with van der Waals surface area (Å²) in [5.41, 5.74) is 1.68. The minimum Gasteiger partial charge on any atom is -0.395 e. The lowest BCUT2D eigenvalue weighted by molar-refractivity contribution is 0.0727. The summed E-state index contributed by atoms with van der Waals surface area (Å²) in [5, 5.41) is 13.0. The summed E-state index contributed by atoms with van der Waals surface area (Å²) in [6.07, 6.45) is 3.42. The minimum atomic E-state index is -0.00958. The van der Waals surface area contributed by atoms with Gasteiger partial charge in [0.1, 0.15) is 0 Å². The second kappa shape index (κ2) is 4.02. The van der Waals surface area contributed by atoms with E-state index in [4.69, 9.17) is 5.11 Å². The number of hydrogen-bond donors (Lipinski definition) is 1. The molecule has 0 aromatic carbocycles. The van der Waals surface area contributed by atoms with Crippen LogP contribution in [-0.2, 0) is 13.5 Å². The summed E-state index contributed by atoms with van der Waals surface area (Å²) in [4.78, 5) is 13.7. The lowest BCUT2D eigenvalue weighted by Gasteiger charge is -2.18. The molecule has 0 saturated heterocycles. The van der Waals surface area contributed by atoms with Gasteiger partial charge in [-0.2, -0.15) is 5.10 Å². The Labute approximate surface area is 88.3 Å². The van der Waals surface area contributed by atoms with Crippen molar-refractivity contribution >= 4 is 5.91 Å². The van der Waals surface area contributed by atoms with Gasteiger partial charge in [0.25, 0.3) is 5.91 Å². The summed E-state index contributed by atoms with van der Waals surface area (Å²) in [6, 6.07) is 0. The zero-order valence-corrected chi connectivity index (χ0v) is 8.81. The molecular formula is C10H15N3O2. The number of aliphatic hydroxyl groups is 1. The van der Waals surface area contributed by atoms with Crippen LogP contribution in [0.25, 0.3) is 0 Å². The van der Waals surface area contributed by atoms with Crippen LogP contribution in [0.4, 0.5) is 0 Å². The molecule has 0 spiro atoms. The summed E-state index contributed by atoms with van der Waals surface area (Å²) < 4.78 is 1.76. The van der Waals surface area contributed by atoms with E-state index in [9.17, 15) is 4.79 Å². The number of aromatic nitrogens is 2. The maximum Gasteiger partial charge on any atom is 0.257 e. The second-order valence-electron chi connectivity index (χ2n) is 3.75. The third-order valence-corrected chi connectivity index (χ3v) is 2.79. The van der Waals surface area contributed by atoms with Crippen LogP contribution in [0.1, 0.15) is 22.5 Å². The van der Waals surface area contributed by atoms with Gasteiger partial charge < -0.3 is 10.0 Å². The zero-order valence-electron chi connectivity index (χ0n) is 8.81. The number of aryl methyl sites for hydroxylation is 1. The number of carbonyl (C=O) groups is 1. The Kier molecular flexibility index (Phi) is 2.73. The Morgan fingerprint density at radius 2 is 2.40 bits per heavy atom. The molecule has 0 aliphatic carbocycles. The van der Waals surface area contributed by atoms with Crippen molar-refractivity contribution in [2.75, 3.05) is 19.7 Å². The first-order chi connectivity index (χ1) is 7.24. The number of hydrogen-bond acceptors (Lipinski definition) is 3. The third-order valence-electron chi connectivity index (χ3n) is 2.79. The summed E-state index contributed by atoms with van der Waals surface area (Å²) in [5.74, 6) is -0.00958. The second-order valence-corrected chi connectivity index (χ2v) is 3.75. The van der Waals surface area contributed by atoms with E-state index in [0.717, 1.165) is 18.5 Å². The SMILES string of the molecule is Cn1ncc2c1CCCN(CCO)C2=O. The Morgan fingerprint density at radius 1 is 1.60 bits per heavy atom. The summed E-state index contributed by atoms with van der Waals surface area (Å²) in [7, 11) is 1.85. The number of aliphatic hydroxyl groups excluding tert-OH is 1. The van der Waals surface area contributed by atoms with Crippen molar-refractivity contribution in [3.05, 3.63) is 17.5 Å². The Balaban J connectivity index is 2.31. The van der Waals surface area contributed by atoms with Gasteiger partial charge >= 0.3 is 0 Å². The highest BCUT2D eigenvalue weighted by Gasteiger charge is 2.24. The topological polar surface area (TPSA) is 58.4 Å². The van der Waals surface area contributed by atoms with Crippen LogP contribution >= 0.6 is 0 Å². The average molecular weight is 209 g/mol. The van der Waals surface area contributed by atoms with Gasteiger partial charge in [0.2, 0.25) is 0 Å². The number of fused-ring (bicyclic) bond motifs is 1. The molecule has 0 saturated carbocycles. The monoisotopic (exact) mass is 209 g/mol. The molecular weight excluding hydrogens is 194 g/mol. The molecule has 1 aliphatic rings. The quantitative estimate of drug-likeness (QED) is 0.734. The summed E-state index contributed by atoms with van der Waals surface area (Å²) in [6.45, 7) is 1.14. The average Bonchev–Trinajstić information content (AvgIpc) is 2.50. The Morgan fingerprint density at radius 3 is 3.13 bits per heavy atom. The maximum atomic E-state index is 12.0. The third kappa shape index (κ3) is 1.74. The lowest BCUT2D eigenvalue weighted by Crippen LogP contribution is -2.33. The molecule has 0 radical (unpaired) electrons. The molecule has 0 bridgehead atoms. The fourth-order valence-electron chi connectivity index (χ4n) is 1.98. The van der Waals surface area contributed by atoms with Gasteiger partial charge in [-0.3, -0.25) is 9.48 Å².